The molecule has 4 heteroatoms. The minimum absolute atomic E-state index is 0.275. The van der Waals surface area contributed by atoms with Crippen molar-refractivity contribution < 1.29 is 0 Å². The Morgan fingerprint density at radius 2 is 2.15 bits per heavy atom. The number of aryl methyl sites for hydroxylation is 1. The molecule has 0 bridgehead atoms. The number of imidazole rings is 1. The van der Waals surface area contributed by atoms with Gasteiger partial charge in [0.25, 0.3) is 0 Å². The van der Waals surface area contributed by atoms with Crippen molar-refractivity contribution in [1.29, 1.82) is 5.26 Å². The number of benzene rings is 1. The van der Waals surface area contributed by atoms with Crippen LogP contribution >= 0.6 is 0 Å². The fourth-order valence-corrected chi connectivity index (χ4v) is 2.98. The van der Waals surface area contributed by atoms with Crippen LogP contribution in [0.2, 0.25) is 0 Å². The smallest absolute Gasteiger partial charge is 0.104 e. The molecule has 0 spiro atoms. The molecule has 0 amide bonds. The normalized spacial score (nSPS) is 22.8. The van der Waals surface area contributed by atoms with Crippen molar-refractivity contribution in [2.45, 2.75) is 45.2 Å². The Balaban J connectivity index is 1.58. The topological polar surface area (TPSA) is 64.5 Å². The second-order valence-corrected chi connectivity index (χ2v) is 5.73. The number of hydrogen-bond acceptors (Lipinski definition) is 3. The van der Waals surface area contributed by atoms with Crippen LogP contribution in [-0.2, 0) is 6.54 Å². The molecule has 20 heavy (non-hydrogen) atoms. The number of rotatable bonds is 3. The minimum atomic E-state index is 0.275. The van der Waals surface area contributed by atoms with Crippen molar-refractivity contribution in [3.05, 3.63) is 29.6 Å². The molecule has 1 aromatic carbocycles. The summed E-state index contributed by atoms with van der Waals surface area (Å²) in [5.41, 5.74) is 3.42. The van der Waals surface area contributed by atoms with E-state index in [0.717, 1.165) is 49.1 Å². The number of hydrogen-bond donors (Lipinski definition) is 2. The molecule has 1 saturated carbocycles. The van der Waals surface area contributed by atoms with Crippen LogP contribution in [0.15, 0.2) is 18.2 Å². The van der Waals surface area contributed by atoms with Gasteiger partial charge in [-0.1, -0.05) is 6.07 Å². The summed E-state index contributed by atoms with van der Waals surface area (Å²) in [5, 5.41) is 12.5. The van der Waals surface area contributed by atoms with Gasteiger partial charge in [0.15, 0.2) is 0 Å². The third kappa shape index (κ3) is 2.83. The summed E-state index contributed by atoms with van der Waals surface area (Å²) in [5.74, 6) is 1.23. The van der Waals surface area contributed by atoms with Gasteiger partial charge in [0.2, 0.25) is 0 Å². The molecule has 4 nitrogen and oxygen atoms in total. The Bertz CT molecular complexity index is 629. The standard InChI is InChI=1S/C16H20N4/c1-11-19-15-7-4-13(8-16(15)20-11)10-18-14-5-2-12(9-17)3-6-14/h4,7-8,12,14,18H,2-3,5-6,10H2,1H3,(H,19,20). The van der Waals surface area contributed by atoms with Crippen LogP contribution in [0.3, 0.4) is 0 Å². The van der Waals surface area contributed by atoms with Crippen molar-refractivity contribution in [3.8, 4) is 6.07 Å². The summed E-state index contributed by atoms with van der Waals surface area (Å²) >= 11 is 0. The van der Waals surface area contributed by atoms with Gasteiger partial charge in [-0.3, -0.25) is 0 Å². The molecule has 0 atom stereocenters. The fourth-order valence-electron chi connectivity index (χ4n) is 2.98. The fraction of sp³-hybridized carbons (Fsp3) is 0.500. The average Bonchev–Trinajstić information content (AvgIpc) is 2.85. The van der Waals surface area contributed by atoms with Crippen LogP contribution in [0, 0.1) is 24.2 Å². The van der Waals surface area contributed by atoms with Crippen molar-refractivity contribution >= 4 is 11.0 Å². The summed E-state index contributed by atoms with van der Waals surface area (Å²) in [7, 11) is 0. The molecule has 0 saturated heterocycles. The summed E-state index contributed by atoms with van der Waals surface area (Å²) in [6.07, 6.45) is 4.30. The highest BCUT2D eigenvalue weighted by Gasteiger charge is 2.20. The Morgan fingerprint density at radius 1 is 1.35 bits per heavy atom. The SMILES string of the molecule is Cc1nc2ccc(CNC3CCC(C#N)CC3)cc2[nH]1. The third-order valence-corrected chi connectivity index (χ3v) is 4.17. The molecule has 0 aliphatic heterocycles. The second kappa shape index (κ2) is 5.64. The van der Waals surface area contributed by atoms with Gasteiger partial charge in [-0.05, 0) is 50.3 Å². The van der Waals surface area contributed by atoms with E-state index < -0.39 is 0 Å². The van der Waals surface area contributed by atoms with E-state index in [1.54, 1.807) is 0 Å². The van der Waals surface area contributed by atoms with Gasteiger partial charge in [-0.25, -0.2) is 4.98 Å². The quantitative estimate of drug-likeness (QED) is 0.899. The molecule has 2 aromatic rings. The molecular weight excluding hydrogens is 248 g/mol. The van der Waals surface area contributed by atoms with E-state index in [-0.39, 0.29) is 5.92 Å². The number of aromatic amines is 1. The van der Waals surface area contributed by atoms with Crippen molar-refractivity contribution in [3.63, 3.8) is 0 Å². The van der Waals surface area contributed by atoms with Gasteiger partial charge in [0, 0.05) is 18.5 Å². The number of fused-ring (bicyclic) bond motifs is 1. The lowest BCUT2D eigenvalue weighted by Crippen LogP contribution is -2.32. The van der Waals surface area contributed by atoms with Crippen LogP contribution < -0.4 is 5.32 Å². The maximum atomic E-state index is 8.91. The zero-order valence-corrected chi connectivity index (χ0v) is 11.8. The van der Waals surface area contributed by atoms with Crippen LogP contribution in [0.1, 0.15) is 37.1 Å². The highest BCUT2D eigenvalue weighted by Crippen LogP contribution is 2.23. The Labute approximate surface area is 119 Å². The predicted octanol–water partition coefficient (Wildman–Crippen LogP) is 3.04. The number of aromatic nitrogens is 2. The first-order valence-electron chi connectivity index (χ1n) is 7.33. The van der Waals surface area contributed by atoms with E-state index in [9.17, 15) is 0 Å². The molecular formula is C16H20N4. The molecule has 0 radical (unpaired) electrons. The van der Waals surface area contributed by atoms with Crippen molar-refractivity contribution in [2.75, 3.05) is 0 Å². The maximum absolute atomic E-state index is 8.91. The first kappa shape index (κ1) is 13.1. The van der Waals surface area contributed by atoms with E-state index in [1.165, 1.54) is 5.56 Å². The van der Waals surface area contributed by atoms with Crippen LogP contribution in [0.5, 0.6) is 0 Å². The van der Waals surface area contributed by atoms with Gasteiger partial charge in [0.05, 0.1) is 17.1 Å². The van der Waals surface area contributed by atoms with Crippen LogP contribution in [0.25, 0.3) is 11.0 Å². The number of nitriles is 1. The molecule has 1 aliphatic rings. The van der Waals surface area contributed by atoms with Gasteiger partial charge >= 0.3 is 0 Å². The lowest BCUT2D eigenvalue weighted by Gasteiger charge is -2.25. The zero-order chi connectivity index (χ0) is 13.9. The van der Waals surface area contributed by atoms with Crippen molar-refractivity contribution in [2.24, 2.45) is 5.92 Å². The molecule has 104 valence electrons. The van der Waals surface area contributed by atoms with Gasteiger partial charge in [-0.15, -0.1) is 0 Å². The lowest BCUT2D eigenvalue weighted by molar-refractivity contribution is 0.331. The summed E-state index contributed by atoms with van der Waals surface area (Å²) in [6.45, 7) is 2.86. The Hall–Kier alpha value is -1.86. The van der Waals surface area contributed by atoms with E-state index in [4.69, 9.17) is 5.26 Å². The highest BCUT2D eigenvalue weighted by atomic mass is 14.9. The first-order valence-corrected chi connectivity index (χ1v) is 7.33. The molecule has 1 heterocycles. The zero-order valence-electron chi connectivity index (χ0n) is 11.8. The molecule has 3 rings (SSSR count). The minimum Gasteiger partial charge on any atom is -0.342 e. The lowest BCUT2D eigenvalue weighted by atomic mass is 9.87. The largest absolute Gasteiger partial charge is 0.342 e. The Morgan fingerprint density at radius 3 is 2.90 bits per heavy atom. The van der Waals surface area contributed by atoms with E-state index in [2.05, 4.69) is 39.6 Å². The van der Waals surface area contributed by atoms with Crippen molar-refractivity contribution in [1.82, 2.24) is 15.3 Å². The van der Waals surface area contributed by atoms with E-state index in [0.29, 0.717) is 6.04 Å². The summed E-state index contributed by atoms with van der Waals surface area (Å²) in [4.78, 5) is 7.69. The monoisotopic (exact) mass is 268 g/mol. The molecule has 2 N–H and O–H groups in total. The first-order chi connectivity index (χ1) is 9.74. The van der Waals surface area contributed by atoms with E-state index in [1.807, 2.05) is 6.92 Å². The van der Waals surface area contributed by atoms with Gasteiger partial charge in [0.1, 0.15) is 5.82 Å². The average molecular weight is 268 g/mol. The van der Waals surface area contributed by atoms with Crippen LogP contribution in [0.4, 0.5) is 0 Å². The summed E-state index contributed by atoms with van der Waals surface area (Å²) in [6, 6.07) is 9.31. The second-order valence-electron chi connectivity index (χ2n) is 5.73. The van der Waals surface area contributed by atoms with Crippen LogP contribution in [-0.4, -0.2) is 16.0 Å². The molecule has 1 fully saturated rings. The van der Waals surface area contributed by atoms with Gasteiger partial charge < -0.3 is 10.3 Å². The Kier molecular flexibility index (Phi) is 3.70. The molecule has 1 aromatic heterocycles. The third-order valence-electron chi connectivity index (χ3n) is 4.17. The number of nitrogens with one attached hydrogen (secondary N) is 2. The predicted molar refractivity (Wildman–Crippen MR) is 79.0 cm³/mol. The molecule has 0 unspecified atom stereocenters. The number of nitrogens with zero attached hydrogens (tertiary/aromatic N) is 2. The maximum Gasteiger partial charge on any atom is 0.104 e. The highest BCUT2D eigenvalue weighted by molar-refractivity contribution is 5.75. The number of H-pyrrole nitrogens is 1. The van der Waals surface area contributed by atoms with E-state index >= 15 is 0 Å². The summed E-state index contributed by atoms with van der Waals surface area (Å²) < 4.78 is 0. The molecule has 1 aliphatic carbocycles. The van der Waals surface area contributed by atoms with Gasteiger partial charge in [-0.2, -0.15) is 5.26 Å².